The number of nitrogens with zero attached hydrogens (tertiary/aromatic N) is 2. The average Bonchev–Trinajstić information content (AvgIpc) is 2.47. The molecular formula is C13H27N3. The van der Waals surface area contributed by atoms with Crippen molar-refractivity contribution in [1.82, 2.24) is 9.80 Å². The Bertz CT molecular complexity index is 219. The Kier molecular flexibility index (Phi) is 4.22. The molecule has 3 unspecified atom stereocenters. The van der Waals surface area contributed by atoms with Crippen LogP contribution in [0.2, 0.25) is 0 Å². The minimum absolute atomic E-state index is 0.381. The third-order valence-corrected chi connectivity index (χ3v) is 4.38. The smallest absolute Gasteiger partial charge is 0.0223 e. The van der Waals surface area contributed by atoms with Crippen molar-refractivity contribution in [3.05, 3.63) is 0 Å². The third-order valence-electron chi connectivity index (χ3n) is 4.38. The fourth-order valence-electron chi connectivity index (χ4n) is 3.34. The van der Waals surface area contributed by atoms with Crippen molar-refractivity contribution in [2.75, 3.05) is 26.7 Å². The van der Waals surface area contributed by atoms with Crippen molar-refractivity contribution in [2.24, 2.45) is 5.73 Å². The first-order chi connectivity index (χ1) is 7.70. The quantitative estimate of drug-likeness (QED) is 0.782. The van der Waals surface area contributed by atoms with Gasteiger partial charge in [0.15, 0.2) is 0 Å². The molecule has 2 aliphatic rings. The second kappa shape index (κ2) is 5.48. The van der Waals surface area contributed by atoms with Gasteiger partial charge >= 0.3 is 0 Å². The lowest BCUT2D eigenvalue weighted by molar-refractivity contribution is 0.210. The summed E-state index contributed by atoms with van der Waals surface area (Å²) in [6, 6.07) is 2.02. The van der Waals surface area contributed by atoms with E-state index in [-0.39, 0.29) is 0 Å². The number of fused-ring (bicyclic) bond motifs is 2. The molecule has 0 aromatic carbocycles. The number of hydrogen-bond donors (Lipinski definition) is 1. The summed E-state index contributed by atoms with van der Waals surface area (Å²) in [4.78, 5) is 5.20. The molecule has 0 aliphatic carbocycles. The Morgan fingerprint density at radius 3 is 2.75 bits per heavy atom. The molecule has 94 valence electrons. The van der Waals surface area contributed by atoms with Crippen LogP contribution in [0.15, 0.2) is 0 Å². The minimum Gasteiger partial charge on any atom is -0.327 e. The summed E-state index contributed by atoms with van der Waals surface area (Å²) < 4.78 is 0. The lowest BCUT2D eigenvalue weighted by atomic mass is 10.1. The molecule has 2 fully saturated rings. The lowest BCUT2D eigenvalue weighted by Gasteiger charge is -2.27. The maximum absolute atomic E-state index is 6.14. The Morgan fingerprint density at radius 2 is 2.00 bits per heavy atom. The maximum atomic E-state index is 6.14. The van der Waals surface area contributed by atoms with E-state index in [1.807, 2.05) is 0 Å². The average molecular weight is 225 g/mol. The van der Waals surface area contributed by atoms with E-state index in [9.17, 15) is 0 Å². The lowest BCUT2D eigenvalue weighted by Crippen LogP contribution is -2.42. The molecule has 2 saturated heterocycles. The Morgan fingerprint density at radius 1 is 1.25 bits per heavy atom. The van der Waals surface area contributed by atoms with Crippen molar-refractivity contribution >= 4 is 0 Å². The fourth-order valence-corrected chi connectivity index (χ4v) is 3.34. The molecule has 0 aromatic heterocycles. The summed E-state index contributed by atoms with van der Waals surface area (Å²) in [7, 11) is 2.30. The SMILES string of the molecule is CCCC(N)CN1CCC2CCC(C1)N2C. The van der Waals surface area contributed by atoms with E-state index in [1.54, 1.807) is 0 Å². The number of hydrogen-bond acceptors (Lipinski definition) is 3. The van der Waals surface area contributed by atoms with Crippen LogP contribution in [0.5, 0.6) is 0 Å². The molecule has 3 heteroatoms. The van der Waals surface area contributed by atoms with Gasteiger partial charge in [0.05, 0.1) is 0 Å². The molecule has 0 radical (unpaired) electrons. The molecule has 2 aliphatic heterocycles. The number of rotatable bonds is 4. The topological polar surface area (TPSA) is 32.5 Å². The van der Waals surface area contributed by atoms with Crippen LogP contribution in [0.3, 0.4) is 0 Å². The van der Waals surface area contributed by atoms with Crippen LogP contribution in [-0.2, 0) is 0 Å². The summed E-state index contributed by atoms with van der Waals surface area (Å²) in [6.45, 7) is 5.82. The van der Waals surface area contributed by atoms with Gasteiger partial charge in [-0.3, -0.25) is 4.90 Å². The number of likely N-dealkylation sites (N-methyl/N-ethyl adjacent to an activating group) is 1. The molecule has 0 amide bonds. The van der Waals surface area contributed by atoms with Crippen LogP contribution >= 0.6 is 0 Å². The van der Waals surface area contributed by atoms with E-state index in [1.165, 1.54) is 45.2 Å². The van der Waals surface area contributed by atoms with Gasteiger partial charge in [0.2, 0.25) is 0 Å². The molecule has 16 heavy (non-hydrogen) atoms. The van der Waals surface area contributed by atoms with E-state index in [0.717, 1.165) is 18.6 Å². The highest BCUT2D eigenvalue weighted by Crippen LogP contribution is 2.28. The normalized spacial score (nSPS) is 33.9. The number of likely N-dealkylation sites (tertiary alicyclic amines) is 1. The standard InChI is InChI=1S/C13H27N3/c1-3-4-11(14)9-16-8-7-12-5-6-13(10-16)15(12)2/h11-13H,3-10,14H2,1-2H3. The van der Waals surface area contributed by atoms with Gasteiger partial charge in [-0.2, -0.15) is 0 Å². The van der Waals surface area contributed by atoms with Crippen molar-refractivity contribution in [3.63, 3.8) is 0 Å². The van der Waals surface area contributed by atoms with Crippen molar-refractivity contribution in [1.29, 1.82) is 0 Å². The van der Waals surface area contributed by atoms with Gasteiger partial charge in [-0.25, -0.2) is 0 Å². The Balaban J connectivity index is 1.84. The molecule has 0 saturated carbocycles. The second-order valence-corrected chi connectivity index (χ2v) is 5.65. The van der Waals surface area contributed by atoms with Crippen molar-refractivity contribution in [3.8, 4) is 0 Å². The summed E-state index contributed by atoms with van der Waals surface area (Å²) in [5.41, 5.74) is 6.14. The van der Waals surface area contributed by atoms with Crippen LogP contribution in [0.4, 0.5) is 0 Å². The highest BCUT2D eigenvalue weighted by molar-refractivity contribution is 4.91. The van der Waals surface area contributed by atoms with Gasteiger partial charge in [-0.1, -0.05) is 13.3 Å². The maximum Gasteiger partial charge on any atom is 0.0223 e. The molecule has 3 atom stereocenters. The predicted octanol–water partition coefficient (Wildman–Crippen LogP) is 1.28. The van der Waals surface area contributed by atoms with Crippen LogP contribution in [0.1, 0.15) is 39.0 Å². The Labute approximate surface area is 100.0 Å². The van der Waals surface area contributed by atoms with Gasteiger partial charge in [0, 0.05) is 31.2 Å². The highest BCUT2D eigenvalue weighted by atomic mass is 15.3. The molecule has 2 heterocycles. The van der Waals surface area contributed by atoms with E-state index < -0.39 is 0 Å². The molecule has 0 aromatic rings. The first-order valence-electron chi connectivity index (χ1n) is 6.90. The summed E-state index contributed by atoms with van der Waals surface area (Å²) in [6.07, 6.45) is 6.52. The van der Waals surface area contributed by atoms with E-state index in [2.05, 4.69) is 23.8 Å². The monoisotopic (exact) mass is 225 g/mol. The Hall–Kier alpha value is -0.120. The summed E-state index contributed by atoms with van der Waals surface area (Å²) >= 11 is 0. The van der Waals surface area contributed by atoms with Crippen molar-refractivity contribution < 1.29 is 0 Å². The van der Waals surface area contributed by atoms with Gasteiger partial charge in [0.1, 0.15) is 0 Å². The number of nitrogens with two attached hydrogens (primary N) is 1. The van der Waals surface area contributed by atoms with Crippen molar-refractivity contribution in [2.45, 2.75) is 57.2 Å². The first kappa shape index (κ1) is 12.3. The van der Waals surface area contributed by atoms with Crippen LogP contribution < -0.4 is 5.73 Å². The molecule has 2 rings (SSSR count). The van der Waals surface area contributed by atoms with E-state index in [4.69, 9.17) is 5.73 Å². The molecule has 3 nitrogen and oxygen atoms in total. The van der Waals surface area contributed by atoms with Gasteiger partial charge in [-0.15, -0.1) is 0 Å². The first-order valence-corrected chi connectivity index (χ1v) is 6.90. The molecule has 2 bridgehead atoms. The van der Waals surface area contributed by atoms with Crippen LogP contribution in [0, 0.1) is 0 Å². The zero-order chi connectivity index (χ0) is 11.5. The molecule has 2 N–H and O–H groups in total. The van der Waals surface area contributed by atoms with Gasteiger partial charge in [0.25, 0.3) is 0 Å². The predicted molar refractivity (Wildman–Crippen MR) is 68.5 cm³/mol. The largest absolute Gasteiger partial charge is 0.327 e. The van der Waals surface area contributed by atoms with Crippen LogP contribution in [0.25, 0.3) is 0 Å². The third kappa shape index (κ3) is 2.76. The minimum atomic E-state index is 0.381. The summed E-state index contributed by atoms with van der Waals surface area (Å²) in [5, 5.41) is 0. The van der Waals surface area contributed by atoms with E-state index in [0.29, 0.717) is 6.04 Å². The zero-order valence-electron chi connectivity index (χ0n) is 10.9. The summed E-state index contributed by atoms with van der Waals surface area (Å²) in [5.74, 6) is 0. The second-order valence-electron chi connectivity index (χ2n) is 5.65. The molecule has 0 spiro atoms. The fraction of sp³-hybridized carbons (Fsp3) is 1.00. The highest BCUT2D eigenvalue weighted by Gasteiger charge is 2.34. The van der Waals surface area contributed by atoms with Gasteiger partial charge < -0.3 is 10.6 Å². The molecular weight excluding hydrogens is 198 g/mol. The zero-order valence-corrected chi connectivity index (χ0v) is 10.9. The van der Waals surface area contributed by atoms with Crippen LogP contribution in [-0.4, -0.2) is 54.6 Å². The van der Waals surface area contributed by atoms with Gasteiger partial charge in [-0.05, 0) is 39.3 Å². The van der Waals surface area contributed by atoms with E-state index >= 15 is 0 Å².